The fourth-order valence-corrected chi connectivity index (χ4v) is 4.32. The van der Waals surface area contributed by atoms with Crippen LogP contribution in [0.25, 0.3) is 10.1 Å². The molecule has 2 unspecified atom stereocenters. The lowest BCUT2D eigenvalue weighted by Gasteiger charge is -2.36. The Morgan fingerprint density at radius 2 is 2.09 bits per heavy atom. The van der Waals surface area contributed by atoms with Gasteiger partial charge in [-0.1, -0.05) is 6.07 Å². The van der Waals surface area contributed by atoms with E-state index in [1.54, 1.807) is 11.0 Å². The van der Waals surface area contributed by atoms with Crippen molar-refractivity contribution in [1.82, 2.24) is 4.90 Å². The van der Waals surface area contributed by atoms with Gasteiger partial charge in [-0.3, -0.25) is 9.59 Å². The van der Waals surface area contributed by atoms with Crippen LogP contribution in [0.2, 0.25) is 0 Å². The number of halogens is 1. The maximum atomic E-state index is 13.4. The van der Waals surface area contributed by atoms with E-state index in [4.69, 9.17) is 0 Å². The highest BCUT2D eigenvalue weighted by Gasteiger charge is 2.34. The Morgan fingerprint density at radius 1 is 1.35 bits per heavy atom. The number of piperidine rings is 1. The molecule has 1 N–H and O–H groups in total. The number of carboxylic acid groups (broad SMARTS) is 1. The molecule has 1 amide bonds. The molecule has 4 nitrogen and oxygen atoms in total. The van der Waals surface area contributed by atoms with Crippen molar-refractivity contribution in [3.8, 4) is 0 Å². The van der Waals surface area contributed by atoms with E-state index in [1.165, 1.54) is 23.5 Å². The normalized spacial score (nSPS) is 21.6. The molecule has 23 heavy (non-hydrogen) atoms. The van der Waals surface area contributed by atoms with Gasteiger partial charge in [-0.05, 0) is 49.8 Å². The number of aryl methyl sites for hydroxylation is 1. The van der Waals surface area contributed by atoms with Crippen LogP contribution < -0.4 is 0 Å². The van der Waals surface area contributed by atoms with Gasteiger partial charge in [0.2, 0.25) is 0 Å². The average molecular weight is 335 g/mol. The standard InChI is InChI=1S/C17H18FNO3S/c1-9-3-4-11(17(21)22)8-19(9)16(20)15-10(2)13-6-5-12(18)7-14(13)23-15/h5-7,9,11H,3-4,8H2,1-2H3,(H,21,22). The van der Waals surface area contributed by atoms with Gasteiger partial charge >= 0.3 is 5.97 Å². The molecule has 2 atom stereocenters. The molecule has 6 heteroatoms. The molecule has 1 aromatic carbocycles. The van der Waals surface area contributed by atoms with Crippen molar-refractivity contribution >= 4 is 33.3 Å². The Labute approximate surface area is 137 Å². The first kappa shape index (κ1) is 15.9. The zero-order valence-electron chi connectivity index (χ0n) is 13.0. The van der Waals surface area contributed by atoms with Crippen LogP contribution in [0.3, 0.4) is 0 Å². The molecule has 122 valence electrons. The Balaban J connectivity index is 1.96. The number of thiophene rings is 1. The lowest BCUT2D eigenvalue weighted by Crippen LogP contribution is -2.47. The van der Waals surface area contributed by atoms with Crippen molar-refractivity contribution in [2.24, 2.45) is 5.92 Å². The highest BCUT2D eigenvalue weighted by Crippen LogP contribution is 2.34. The van der Waals surface area contributed by atoms with Crippen LogP contribution in [0.4, 0.5) is 4.39 Å². The van der Waals surface area contributed by atoms with Crippen LogP contribution in [-0.2, 0) is 4.79 Å². The Hall–Kier alpha value is -1.95. The van der Waals surface area contributed by atoms with Gasteiger partial charge in [-0.2, -0.15) is 0 Å². The van der Waals surface area contributed by atoms with Gasteiger partial charge in [0.1, 0.15) is 5.82 Å². The van der Waals surface area contributed by atoms with Crippen LogP contribution in [0.1, 0.15) is 35.0 Å². The van der Waals surface area contributed by atoms with E-state index in [9.17, 15) is 19.1 Å². The summed E-state index contributed by atoms with van der Waals surface area (Å²) in [6, 6.07) is 4.52. The van der Waals surface area contributed by atoms with Crippen molar-refractivity contribution < 1.29 is 19.1 Å². The third-order valence-corrected chi connectivity index (χ3v) is 5.83. The maximum absolute atomic E-state index is 13.4. The molecule has 0 saturated carbocycles. The summed E-state index contributed by atoms with van der Waals surface area (Å²) in [5.74, 6) is -1.84. The molecule has 3 rings (SSSR count). The molecular weight excluding hydrogens is 317 g/mol. The molecule has 1 saturated heterocycles. The lowest BCUT2D eigenvalue weighted by atomic mass is 9.93. The van der Waals surface area contributed by atoms with Crippen LogP contribution in [0, 0.1) is 18.7 Å². The second kappa shape index (κ2) is 5.92. The largest absolute Gasteiger partial charge is 0.481 e. The number of likely N-dealkylation sites (tertiary alicyclic amines) is 1. The predicted molar refractivity (Wildman–Crippen MR) is 87.4 cm³/mol. The average Bonchev–Trinajstić information content (AvgIpc) is 2.83. The number of rotatable bonds is 2. The van der Waals surface area contributed by atoms with Gasteiger partial charge < -0.3 is 10.0 Å². The fourth-order valence-electron chi connectivity index (χ4n) is 3.13. The van der Waals surface area contributed by atoms with Crippen LogP contribution >= 0.6 is 11.3 Å². The Bertz CT molecular complexity index is 785. The number of nitrogens with zero attached hydrogens (tertiary/aromatic N) is 1. The molecule has 0 aliphatic carbocycles. The number of hydrogen-bond acceptors (Lipinski definition) is 3. The maximum Gasteiger partial charge on any atom is 0.308 e. The van der Waals surface area contributed by atoms with Crippen LogP contribution in [-0.4, -0.2) is 34.5 Å². The van der Waals surface area contributed by atoms with E-state index >= 15 is 0 Å². The predicted octanol–water partition coefficient (Wildman–Crippen LogP) is 3.67. The highest BCUT2D eigenvalue weighted by molar-refractivity contribution is 7.21. The molecule has 0 bridgehead atoms. The number of carbonyl (C=O) groups excluding carboxylic acids is 1. The minimum Gasteiger partial charge on any atom is -0.481 e. The third-order valence-electron chi connectivity index (χ3n) is 4.59. The number of carbonyl (C=O) groups is 2. The summed E-state index contributed by atoms with van der Waals surface area (Å²) in [5.41, 5.74) is 0.833. The molecule has 2 aromatic rings. The Morgan fingerprint density at radius 3 is 2.78 bits per heavy atom. The minimum atomic E-state index is -0.857. The second-order valence-electron chi connectivity index (χ2n) is 6.12. The van der Waals surface area contributed by atoms with E-state index in [1.807, 2.05) is 13.8 Å². The van der Waals surface area contributed by atoms with Gasteiger partial charge in [-0.25, -0.2) is 4.39 Å². The number of hydrogen-bond donors (Lipinski definition) is 1. The molecular formula is C17H18FNO3S. The minimum absolute atomic E-state index is 0.0134. The van der Waals surface area contributed by atoms with E-state index in [-0.39, 0.29) is 24.3 Å². The van der Waals surface area contributed by atoms with Gasteiger partial charge in [0.25, 0.3) is 5.91 Å². The summed E-state index contributed by atoms with van der Waals surface area (Å²) in [5, 5.41) is 10.1. The number of carboxylic acids is 1. The first-order valence-corrected chi connectivity index (χ1v) is 8.42. The van der Waals surface area contributed by atoms with Crippen molar-refractivity contribution in [1.29, 1.82) is 0 Å². The highest BCUT2D eigenvalue weighted by atomic mass is 32.1. The summed E-state index contributed by atoms with van der Waals surface area (Å²) < 4.78 is 14.1. The van der Waals surface area contributed by atoms with Gasteiger partial charge in [-0.15, -0.1) is 11.3 Å². The quantitative estimate of drug-likeness (QED) is 0.911. The van der Waals surface area contributed by atoms with Gasteiger partial charge in [0.05, 0.1) is 10.8 Å². The molecule has 1 aliphatic heterocycles. The van der Waals surface area contributed by atoms with Crippen molar-refractivity contribution in [3.05, 3.63) is 34.5 Å². The van der Waals surface area contributed by atoms with Crippen molar-refractivity contribution in [2.45, 2.75) is 32.7 Å². The molecule has 1 aliphatic rings. The molecule has 1 aromatic heterocycles. The molecule has 1 fully saturated rings. The Kier molecular flexibility index (Phi) is 4.10. The van der Waals surface area contributed by atoms with Crippen molar-refractivity contribution in [3.63, 3.8) is 0 Å². The van der Waals surface area contributed by atoms with E-state index in [0.29, 0.717) is 17.7 Å². The van der Waals surface area contributed by atoms with Gasteiger partial charge in [0.15, 0.2) is 0 Å². The third kappa shape index (κ3) is 2.83. The first-order chi connectivity index (χ1) is 10.9. The fraction of sp³-hybridized carbons (Fsp3) is 0.412. The summed E-state index contributed by atoms with van der Waals surface area (Å²) in [6.45, 7) is 4.03. The monoisotopic (exact) mass is 335 g/mol. The summed E-state index contributed by atoms with van der Waals surface area (Å²) in [6.07, 6.45) is 1.28. The zero-order valence-corrected chi connectivity index (χ0v) is 13.8. The smallest absolute Gasteiger partial charge is 0.308 e. The first-order valence-electron chi connectivity index (χ1n) is 7.61. The summed E-state index contributed by atoms with van der Waals surface area (Å²) >= 11 is 1.27. The summed E-state index contributed by atoms with van der Waals surface area (Å²) in [7, 11) is 0. The SMILES string of the molecule is Cc1c(C(=O)N2CC(C(=O)O)CCC2C)sc2cc(F)ccc12. The van der Waals surface area contributed by atoms with Crippen molar-refractivity contribution in [2.75, 3.05) is 6.54 Å². The molecule has 2 heterocycles. The molecule has 0 radical (unpaired) electrons. The zero-order chi connectivity index (χ0) is 16.7. The topological polar surface area (TPSA) is 57.6 Å². The molecule has 0 spiro atoms. The van der Waals surface area contributed by atoms with E-state index in [2.05, 4.69) is 0 Å². The number of benzene rings is 1. The van der Waals surface area contributed by atoms with E-state index < -0.39 is 11.9 Å². The number of fused-ring (bicyclic) bond motifs is 1. The number of amides is 1. The second-order valence-corrected chi connectivity index (χ2v) is 7.17. The van der Waals surface area contributed by atoms with Crippen LogP contribution in [0.5, 0.6) is 0 Å². The van der Waals surface area contributed by atoms with Gasteiger partial charge in [0, 0.05) is 17.3 Å². The van der Waals surface area contributed by atoms with Crippen LogP contribution in [0.15, 0.2) is 18.2 Å². The summed E-state index contributed by atoms with van der Waals surface area (Å²) in [4.78, 5) is 26.4. The van der Waals surface area contributed by atoms with E-state index in [0.717, 1.165) is 15.6 Å². The lowest BCUT2D eigenvalue weighted by molar-refractivity contribution is -0.143. The number of aliphatic carboxylic acids is 1.